The Morgan fingerprint density at radius 3 is 2.38 bits per heavy atom. The SMILES string of the molecule is CC1(C)CC(=CC2C(O)CC3(C)C(Br)CCC(C)(O)C23)CCC1Br. The van der Waals surface area contributed by atoms with Crippen molar-refractivity contribution in [3.63, 3.8) is 0 Å². The van der Waals surface area contributed by atoms with Gasteiger partial charge in [-0.25, -0.2) is 0 Å². The van der Waals surface area contributed by atoms with Crippen molar-refractivity contribution in [3.8, 4) is 0 Å². The molecule has 7 unspecified atom stereocenters. The van der Waals surface area contributed by atoms with Crippen molar-refractivity contribution in [2.45, 2.75) is 87.6 Å². The Morgan fingerprint density at radius 2 is 1.75 bits per heavy atom. The monoisotopic (exact) mass is 462 g/mol. The molecule has 0 aromatic carbocycles. The van der Waals surface area contributed by atoms with E-state index in [4.69, 9.17) is 0 Å². The van der Waals surface area contributed by atoms with E-state index in [2.05, 4.69) is 58.7 Å². The number of aliphatic hydroxyl groups is 2. The molecule has 0 aromatic heterocycles. The molecule has 0 radical (unpaired) electrons. The number of hydrogen-bond acceptors (Lipinski definition) is 2. The molecule has 0 aromatic rings. The van der Waals surface area contributed by atoms with Crippen LogP contribution in [0.3, 0.4) is 0 Å². The molecule has 0 amide bonds. The average Bonchev–Trinajstić information content (AvgIpc) is 2.72. The second-order valence-corrected chi connectivity index (χ2v) is 11.9. The minimum absolute atomic E-state index is 0.0367. The molecule has 0 heterocycles. The van der Waals surface area contributed by atoms with Crippen molar-refractivity contribution in [2.75, 3.05) is 0 Å². The summed E-state index contributed by atoms with van der Waals surface area (Å²) >= 11 is 7.69. The standard InChI is InChI=1S/C20H32Br2O2/c1-18(2)10-12(5-6-15(18)21)9-13-14(23)11-19(3)16(22)7-8-20(4,24)17(13)19/h9,13-17,23-24H,5-8,10-11H2,1-4H3. The van der Waals surface area contributed by atoms with Crippen LogP contribution in [0.25, 0.3) is 0 Å². The van der Waals surface area contributed by atoms with Crippen LogP contribution >= 0.6 is 31.9 Å². The summed E-state index contributed by atoms with van der Waals surface area (Å²) in [6.07, 6.45) is 7.91. The maximum absolute atomic E-state index is 11.1. The van der Waals surface area contributed by atoms with E-state index in [0.29, 0.717) is 9.65 Å². The molecule has 0 bridgehead atoms. The fourth-order valence-corrected chi connectivity index (χ4v) is 6.93. The predicted molar refractivity (Wildman–Crippen MR) is 107 cm³/mol. The highest BCUT2D eigenvalue weighted by molar-refractivity contribution is 9.09. The summed E-state index contributed by atoms with van der Waals surface area (Å²) in [6, 6.07) is 0. The van der Waals surface area contributed by atoms with Gasteiger partial charge in [-0.15, -0.1) is 0 Å². The maximum atomic E-state index is 11.1. The number of allylic oxidation sites excluding steroid dienone is 1. The Hall–Kier alpha value is 0.620. The number of alkyl halides is 2. The predicted octanol–water partition coefficient (Wildman–Crippen LogP) is 5.20. The molecule has 3 fully saturated rings. The molecule has 3 aliphatic carbocycles. The molecule has 4 heteroatoms. The highest BCUT2D eigenvalue weighted by Crippen LogP contribution is 2.61. The van der Waals surface area contributed by atoms with Gasteiger partial charge in [-0.3, -0.25) is 0 Å². The molecular weight excluding hydrogens is 432 g/mol. The molecule has 3 saturated carbocycles. The van der Waals surface area contributed by atoms with Crippen molar-refractivity contribution < 1.29 is 10.2 Å². The summed E-state index contributed by atoms with van der Waals surface area (Å²) in [6.45, 7) is 8.88. The minimum Gasteiger partial charge on any atom is -0.392 e. The lowest BCUT2D eigenvalue weighted by Gasteiger charge is -2.50. The van der Waals surface area contributed by atoms with E-state index in [1.165, 1.54) is 5.57 Å². The fraction of sp³-hybridized carbons (Fsp3) is 0.900. The number of halogens is 2. The van der Waals surface area contributed by atoms with Crippen molar-refractivity contribution in [2.24, 2.45) is 22.7 Å². The first-order valence-corrected chi connectivity index (χ1v) is 11.2. The molecule has 2 N–H and O–H groups in total. The molecule has 0 spiro atoms. The van der Waals surface area contributed by atoms with Gasteiger partial charge in [0.1, 0.15) is 0 Å². The second kappa shape index (κ2) is 6.35. The van der Waals surface area contributed by atoms with E-state index in [1.54, 1.807) is 0 Å². The number of fused-ring (bicyclic) bond motifs is 1. The summed E-state index contributed by atoms with van der Waals surface area (Å²) in [7, 11) is 0. The topological polar surface area (TPSA) is 40.5 Å². The van der Waals surface area contributed by atoms with Crippen LogP contribution in [-0.4, -0.2) is 31.6 Å². The maximum Gasteiger partial charge on any atom is 0.0660 e. The fourth-order valence-electron chi connectivity index (χ4n) is 5.84. The van der Waals surface area contributed by atoms with Crippen LogP contribution in [0.2, 0.25) is 0 Å². The lowest BCUT2D eigenvalue weighted by atomic mass is 9.60. The smallest absolute Gasteiger partial charge is 0.0660 e. The molecule has 0 aliphatic heterocycles. The van der Waals surface area contributed by atoms with Gasteiger partial charge in [-0.05, 0) is 56.3 Å². The normalized spacial score (nSPS) is 53.2. The summed E-state index contributed by atoms with van der Waals surface area (Å²) in [4.78, 5) is 0.939. The van der Waals surface area contributed by atoms with Crippen LogP contribution in [0.5, 0.6) is 0 Å². The van der Waals surface area contributed by atoms with Crippen LogP contribution in [0.1, 0.15) is 66.2 Å². The molecule has 138 valence electrons. The Labute approximate surface area is 163 Å². The second-order valence-electron chi connectivity index (χ2n) is 9.69. The van der Waals surface area contributed by atoms with Gasteiger partial charge in [0.05, 0.1) is 11.7 Å². The van der Waals surface area contributed by atoms with Crippen molar-refractivity contribution >= 4 is 31.9 Å². The van der Waals surface area contributed by atoms with Crippen LogP contribution in [0, 0.1) is 22.7 Å². The van der Waals surface area contributed by atoms with E-state index in [9.17, 15) is 10.2 Å². The zero-order valence-electron chi connectivity index (χ0n) is 15.4. The van der Waals surface area contributed by atoms with Gasteiger partial charge in [0, 0.05) is 21.5 Å². The van der Waals surface area contributed by atoms with Crippen LogP contribution in [-0.2, 0) is 0 Å². The Bertz CT molecular complexity index is 528. The number of rotatable bonds is 1. The zero-order valence-corrected chi connectivity index (χ0v) is 18.5. The van der Waals surface area contributed by atoms with E-state index in [-0.39, 0.29) is 28.8 Å². The first-order chi connectivity index (χ1) is 11.0. The largest absolute Gasteiger partial charge is 0.392 e. The van der Waals surface area contributed by atoms with E-state index < -0.39 is 5.60 Å². The third-order valence-electron chi connectivity index (χ3n) is 7.16. The van der Waals surface area contributed by atoms with Gasteiger partial charge >= 0.3 is 0 Å². The van der Waals surface area contributed by atoms with Gasteiger partial charge in [-0.1, -0.05) is 64.3 Å². The molecule has 24 heavy (non-hydrogen) atoms. The summed E-state index contributed by atoms with van der Waals surface area (Å²) in [5.41, 5.74) is 0.992. The van der Waals surface area contributed by atoms with Gasteiger partial charge < -0.3 is 10.2 Å². The van der Waals surface area contributed by atoms with E-state index >= 15 is 0 Å². The lowest BCUT2D eigenvalue weighted by Crippen LogP contribution is -2.52. The molecule has 3 aliphatic rings. The summed E-state index contributed by atoms with van der Waals surface area (Å²) < 4.78 is 0. The number of aliphatic hydroxyl groups excluding tert-OH is 1. The highest BCUT2D eigenvalue weighted by atomic mass is 79.9. The van der Waals surface area contributed by atoms with Crippen LogP contribution in [0.4, 0.5) is 0 Å². The average molecular weight is 464 g/mol. The Kier molecular flexibility index (Phi) is 5.13. The number of hydrogen-bond donors (Lipinski definition) is 2. The van der Waals surface area contributed by atoms with Gasteiger partial charge in [0.15, 0.2) is 0 Å². The summed E-state index contributed by atoms with van der Waals surface area (Å²) in [5.74, 6) is 0.193. The van der Waals surface area contributed by atoms with Crippen LogP contribution in [0.15, 0.2) is 11.6 Å². The van der Waals surface area contributed by atoms with Crippen molar-refractivity contribution in [1.29, 1.82) is 0 Å². The third kappa shape index (κ3) is 3.18. The molecule has 7 atom stereocenters. The van der Waals surface area contributed by atoms with E-state index in [1.807, 2.05) is 6.92 Å². The third-order valence-corrected chi connectivity index (χ3v) is 10.4. The van der Waals surface area contributed by atoms with Crippen LogP contribution < -0.4 is 0 Å². The highest BCUT2D eigenvalue weighted by Gasteiger charge is 2.61. The Balaban J connectivity index is 1.91. The van der Waals surface area contributed by atoms with E-state index in [0.717, 1.165) is 38.5 Å². The van der Waals surface area contributed by atoms with Gasteiger partial charge in [-0.2, -0.15) is 0 Å². The lowest BCUT2D eigenvalue weighted by molar-refractivity contribution is -0.0884. The first kappa shape index (κ1) is 19.4. The zero-order chi connectivity index (χ0) is 17.9. The first-order valence-electron chi connectivity index (χ1n) is 9.35. The van der Waals surface area contributed by atoms with Gasteiger partial charge in [0.2, 0.25) is 0 Å². The quantitative estimate of drug-likeness (QED) is 0.414. The molecule has 3 rings (SSSR count). The van der Waals surface area contributed by atoms with Crippen molar-refractivity contribution in [3.05, 3.63) is 11.6 Å². The summed E-state index contributed by atoms with van der Waals surface area (Å²) in [5, 5.41) is 22.0. The van der Waals surface area contributed by atoms with Gasteiger partial charge in [0.25, 0.3) is 0 Å². The molecular formula is C20H32Br2O2. The molecule has 2 nitrogen and oxygen atoms in total. The Morgan fingerprint density at radius 1 is 1.08 bits per heavy atom. The molecule has 0 saturated heterocycles. The van der Waals surface area contributed by atoms with Crippen molar-refractivity contribution in [1.82, 2.24) is 0 Å². The minimum atomic E-state index is -0.694.